The number of benzene rings is 1. The Bertz CT molecular complexity index is 565. The van der Waals surface area contributed by atoms with Crippen LogP contribution in [0.1, 0.15) is 71.1 Å². The third-order valence-electron chi connectivity index (χ3n) is 3.77. The molecular formula is C19H35CaNaO6S. The standard InChI is InChI=1S/C18H30O3S.CH2O3.Ca.Na.3H/c1-2-3-4-5-6-7-8-9-10-14-17-21-22(19,20)18-15-12-11-13-16-18;2-1(3)4;;;;;/h11-13,15-16H,2-10,14,17H2,1H3;(H2,2,3,4);;;;;. The van der Waals surface area contributed by atoms with Gasteiger partial charge in [0.25, 0.3) is 10.1 Å². The van der Waals surface area contributed by atoms with Crippen LogP contribution in [0.3, 0.4) is 0 Å². The quantitative estimate of drug-likeness (QED) is 0.266. The fourth-order valence-electron chi connectivity index (χ4n) is 2.41. The SMILES string of the molecule is CCCCCCCCCCCCOS(=O)(=O)c1ccccc1.O=C(O)O.[CaH2].[NaH]. The molecule has 0 aliphatic heterocycles. The molecule has 156 valence electrons. The maximum absolute atomic E-state index is 11.9. The van der Waals surface area contributed by atoms with Crippen LogP contribution in [-0.2, 0) is 14.3 Å². The molecule has 0 saturated carbocycles. The fourth-order valence-corrected chi connectivity index (χ4v) is 3.38. The van der Waals surface area contributed by atoms with Gasteiger partial charge in [0.2, 0.25) is 0 Å². The van der Waals surface area contributed by atoms with Crippen LogP contribution < -0.4 is 0 Å². The number of hydrogen-bond donors (Lipinski definition) is 2. The van der Waals surface area contributed by atoms with Crippen LogP contribution in [0.2, 0.25) is 0 Å². The molecule has 0 unspecified atom stereocenters. The van der Waals surface area contributed by atoms with Gasteiger partial charge in [-0.25, -0.2) is 4.79 Å². The van der Waals surface area contributed by atoms with E-state index in [9.17, 15) is 8.42 Å². The molecule has 0 fully saturated rings. The molecule has 0 saturated heterocycles. The normalized spacial score (nSPS) is 10.0. The van der Waals surface area contributed by atoms with Crippen LogP contribution in [-0.4, -0.2) is 98.7 Å². The summed E-state index contributed by atoms with van der Waals surface area (Å²) in [5.41, 5.74) is 0. The molecule has 0 bridgehead atoms. The third-order valence-corrected chi connectivity index (χ3v) is 5.09. The Labute approximate surface area is 221 Å². The van der Waals surface area contributed by atoms with Crippen molar-refractivity contribution < 1.29 is 27.6 Å². The summed E-state index contributed by atoms with van der Waals surface area (Å²) < 4.78 is 28.8. The van der Waals surface area contributed by atoms with E-state index in [0.717, 1.165) is 12.8 Å². The Morgan fingerprint density at radius 2 is 1.25 bits per heavy atom. The molecule has 0 aliphatic carbocycles. The predicted octanol–water partition coefficient (Wildman–Crippen LogP) is 3.97. The Morgan fingerprint density at radius 1 is 0.857 bits per heavy atom. The molecule has 0 aliphatic rings. The molecule has 0 radical (unpaired) electrons. The first-order chi connectivity index (χ1) is 12.4. The summed E-state index contributed by atoms with van der Waals surface area (Å²) in [6.07, 6.45) is 10.4. The van der Waals surface area contributed by atoms with Gasteiger partial charge >= 0.3 is 73.5 Å². The molecular weight excluding hydrogens is 419 g/mol. The monoisotopic (exact) mass is 454 g/mol. The topological polar surface area (TPSA) is 101 Å². The van der Waals surface area contributed by atoms with Gasteiger partial charge in [-0.15, -0.1) is 0 Å². The Morgan fingerprint density at radius 3 is 1.68 bits per heavy atom. The maximum atomic E-state index is 11.9. The molecule has 9 heteroatoms. The van der Waals surface area contributed by atoms with Crippen LogP contribution in [0.25, 0.3) is 0 Å². The van der Waals surface area contributed by atoms with Crippen LogP contribution >= 0.6 is 0 Å². The van der Waals surface area contributed by atoms with Gasteiger partial charge in [-0.05, 0) is 18.6 Å². The van der Waals surface area contributed by atoms with Crippen molar-refractivity contribution in [1.82, 2.24) is 0 Å². The minimum atomic E-state index is -3.57. The molecule has 1 aromatic carbocycles. The van der Waals surface area contributed by atoms with E-state index in [1.165, 1.54) is 51.4 Å². The van der Waals surface area contributed by atoms with Crippen molar-refractivity contribution in [2.75, 3.05) is 6.61 Å². The second-order valence-corrected chi connectivity index (χ2v) is 7.67. The fraction of sp³-hybridized carbons (Fsp3) is 0.632. The average molecular weight is 455 g/mol. The first kappa shape index (κ1) is 33.3. The summed E-state index contributed by atoms with van der Waals surface area (Å²) in [5.74, 6) is 0. The summed E-state index contributed by atoms with van der Waals surface area (Å²) in [5, 5.41) is 13.9. The molecule has 2 N–H and O–H groups in total. The van der Waals surface area contributed by atoms with E-state index in [4.69, 9.17) is 19.2 Å². The van der Waals surface area contributed by atoms with Crippen molar-refractivity contribution in [3.8, 4) is 0 Å². The van der Waals surface area contributed by atoms with E-state index in [2.05, 4.69) is 6.92 Å². The number of carbonyl (C=O) groups is 1. The predicted molar refractivity (Wildman–Crippen MR) is 118 cm³/mol. The number of unbranched alkanes of at least 4 members (excludes halogenated alkanes) is 9. The van der Waals surface area contributed by atoms with Crippen molar-refractivity contribution in [2.45, 2.75) is 76.0 Å². The molecule has 1 rings (SSSR count). The third kappa shape index (κ3) is 21.4. The zero-order chi connectivity index (χ0) is 19.7. The zero-order valence-electron chi connectivity index (χ0n) is 15.6. The van der Waals surface area contributed by atoms with Crippen molar-refractivity contribution in [1.29, 1.82) is 0 Å². The van der Waals surface area contributed by atoms with Gasteiger partial charge in [0, 0.05) is 0 Å². The molecule has 0 spiro atoms. The summed E-state index contributed by atoms with van der Waals surface area (Å²) in [6, 6.07) is 8.33. The van der Waals surface area contributed by atoms with E-state index in [1.54, 1.807) is 30.3 Å². The molecule has 28 heavy (non-hydrogen) atoms. The van der Waals surface area contributed by atoms with E-state index in [0.29, 0.717) is 0 Å². The Hall–Kier alpha value is 0.660. The molecule has 0 atom stereocenters. The Balaban J connectivity index is -0.000000948. The van der Waals surface area contributed by atoms with Gasteiger partial charge in [-0.3, -0.25) is 4.18 Å². The van der Waals surface area contributed by atoms with Crippen molar-refractivity contribution in [3.05, 3.63) is 30.3 Å². The second-order valence-electron chi connectivity index (χ2n) is 6.05. The van der Waals surface area contributed by atoms with Crippen LogP contribution in [0.5, 0.6) is 0 Å². The average Bonchev–Trinajstić information content (AvgIpc) is 2.60. The van der Waals surface area contributed by atoms with E-state index in [1.807, 2.05) is 0 Å². The van der Waals surface area contributed by atoms with Gasteiger partial charge in [0.05, 0.1) is 11.5 Å². The summed E-state index contributed by atoms with van der Waals surface area (Å²) in [7, 11) is -3.57. The van der Waals surface area contributed by atoms with Gasteiger partial charge in [0.15, 0.2) is 0 Å². The zero-order valence-corrected chi connectivity index (χ0v) is 16.4. The van der Waals surface area contributed by atoms with Crippen molar-refractivity contribution >= 4 is 83.6 Å². The van der Waals surface area contributed by atoms with Crippen LogP contribution in [0.4, 0.5) is 4.79 Å². The van der Waals surface area contributed by atoms with Gasteiger partial charge in [-0.2, -0.15) is 8.42 Å². The minimum absolute atomic E-state index is 0. The summed E-state index contributed by atoms with van der Waals surface area (Å²) >= 11 is 0. The number of carboxylic acid groups (broad SMARTS) is 2. The van der Waals surface area contributed by atoms with Gasteiger partial charge in [-0.1, -0.05) is 82.9 Å². The number of rotatable bonds is 13. The van der Waals surface area contributed by atoms with Gasteiger partial charge < -0.3 is 10.2 Å². The summed E-state index contributed by atoms with van der Waals surface area (Å²) in [4.78, 5) is 8.79. The van der Waals surface area contributed by atoms with Crippen LogP contribution in [0.15, 0.2) is 35.2 Å². The Kier molecular flexibility index (Phi) is 26.6. The van der Waals surface area contributed by atoms with Crippen molar-refractivity contribution in [2.24, 2.45) is 0 Å². The first-order valence-corrected chi connectivity index (χ1v) is 10.7. The molecule has 0 heterocycles. The van der Waals surface area contributed by atoms with E-state index >= 15 is 0 Å². The van der Waals surface area contributed by atoms with Crippen LogP contribution in [0, 0.1) is 0 Å². The van der Waals surface area contributed by atoms with E-state index in [-0.39, 0.29) is 78.8 Å². The first-order valence-electron chi connectivity index (χ1n) is 9.26. The second kappa shape index (κ2) is 22.3. The van der Waals surface area contributed by atoms with Gasteiger partial charge in [0.1, 0.15) is 0 Å². The number of hydrogen-bond acceptors (Lipinski definition) is 4. The molecule has 6 nitrogen and oxygen atoms in total. The molecule has 0 aromatic heterocycles. The van der Waals surface area contributed by atoms with E-state index < -0.39 is 16.3 Å². The van der Waals surface area contributed by atoms with Crippen molar-refractivity contribution in [3.63, 3.8) is 0 Å². The molecule has 1 aromatic rings. The summed E-state index contributed by atoms with van der Waals surface area (Å²) in [6.45, 7) is 2.52. The molecule has 0 amide bonds.